The molecule has 0 aliphatic carbocycles. The van der Waals surface area contributed by atoms with Gasteiger partial charge in [-0.25, -0.2) is 0 Å². The van der Waals surface area contributed by atoms with Gasteiger partial charge in [-0.15, -0.1) is 10.2 Å². The zero-order chi connectivity index (χ0) is 20.1. The maximum Gasteiger partial charge on any atom is 0.233 e. The number of hydrogen-bond donors (Lipinski definition) is 0. The average molecular weight is 401 g/mol. The number of carbonyl (C=O) groups is 1. The number of nitrogens with zero attached hydrogens (tertiary/aromatic N) is 4. The minimum absolute atomic E-state index is 0.0836. The third-order valence-electron chi connectivity index (χ3n) is 4.50. The quantitative estimate of drug-likeness (QED) is 0.536. The molecule has 0 aliphatic rings. The van der Waals surface area contributed by atoms with Crippen molar-refractivity contribution in [2.24, 2.45) is 0 Å². The Morgan fingerprint density at radius 2 is 1.89 bits per heavy atom. The van der Waals surface area contributed by atoms with Gasteiger partial charge in [-0.1, -0.05) is 11.8 Å². The molecule has 0 unspecified atom stereocenters. The predicted molar refractivity (Wildman–Crippen MR) is 109 cm³/mol. The summed E-state index contributed by atoms with van der Waals surface area (Å²) in [4.78, 5) is 14.2. The highest BCUT2D eigenvalue weighted by molar-refractivity contribution is 7.99. The number of aryl methyl sites for hydroxylation is 1. The Morgan fingerprint density at radius 3 is 2.46 bits per heavy atom. The van der Waals surface area contributed by atoms with E-state index in [1.54, 1.807) is 13.4 Å². The van der Waals surface area contributed by atoms with Crippen LogP contribution in [0, 0.1) is 6.92 Å². The Labute approximate surface area is 168 Å². The van der Waals surface area contributed by atoms with Gasteiger partial charge < -0.3 is 14.1 Å². The van der Waals surface area contributed by atoms with Crippen molar-refractivity contribution in [1.82, 2.24) is 19.7 Å². The fourth-order valence-corrected chi connectivity index (χ4v) is 3.77. The van der Waals surface area contributed by atoms with Crippen LogP contribution in [0.1, 0.15) is 19.6 Å². The number of carbonyl (C=O) groups excluding carboxylic acids is 1. The number of aromatic nitrogens is 3. The standard InChI is InChI=1S/C20H24N4O3S/c1-5-23(6-2)18(25)13-28-20-22-21-19(17-11-12-27-14(17)3)24(20)15-7-9-16(26-4)10-8-15/h7-12H,5-6,13H2,1-4H3. The van der Waals surface area contributed by atoms with Crippen LogP contribution in [0.5, 0.6) is 5.75 Å². The molecule has 0 saturated heterocycles. The van der Waals surface area contributed by atoms with Crippen LogP contribution in [0.25, 0.3) is 17.1 Å². The molecule has 2 aromatic heterocycles. The molecule has 8 heteroatoms. The van der Waals surface area contributed by atoms with E-state index in [1.165, 1.54) is 11.8 Å². The monoisotopic (exact) mass is 400 g/mol. The molecule has 3 aromatic rings. The van der Waals surface area contributed by atoms with E-state index in [0.29, 0.717) is 29.8 Å². The smallest absolute Gasteiger partial charge is 0.233 e. The van der Waals surface area contributed by atoms with Crippen molar-refractivity contribution in [2.45, 2.75) is 25.9 Å². The van der Waals surface area contributed by atoms with Crippen molar-refractivity contribution in [3.05, 3.63) is 42.4 Å². The highest BCUT2D eigenvalue weighted by atomic mass is 32.2. The Bertz CT molecular complexity index is 929. The van der Waals surface area contributed by atoms with Gasteiger partial charge >= 0.3 is 0 Å². The third-order valence-corrected chi connectivity index (χ3v) is 5.42. The molecule has 0 N–H and O–H groups in total. The van der Waals surface area contributed by atoms with Crippen molar-refractivity contribution in [2.75, 3.05) is 26.0 Å². The lowest BCUT2D eigenvalue weighted by atomic mass is 10.2. The number of ether oxygens (including phenoxy) is 1. The van der Waals surface area contributed by atoms with Crippen LogP contribution in [0.4, 0.5) is 0 Å². The van der Waals surface area contributed by atoms with E-state index in [1.807, 2.05) is 60.6 Å². The Kier molecular flexibility index (Phi) is 6.41. The molecule has 0 radical (unpaired) electrons. The van der Waals surface area contributed by atoms with Crippen molar-refractivity contribution >= 4 is 17.7 Å². The van der Waals surface area contributed by atoms with Gasteiger partial charge in [-0.05, 0) is 51.1 Å². The van der Waals surface area contributed by atoms with E-state index in [2.05, 4.69) is 10.2 Å². The number of thioether (sulfide) groups is 1. The van der Waals surface area contributed by atoms with Crippen LogP contribution in [0.3, 0.4) is 0 Å². The number of furan rings is 1. The first-order chi connectivity index (χ1) is 13.6. The Balaban J connectivity index is 1.97. The minimum Gasteiger partial charge on any atom is -0.497 e. The maximum absolute atomic E-state index is 12.4. The average Bonchev–Trinajstić information content (AvgIpc) is 3.33. The molecule has 0 spiro atoms. The van der Waals surface area contributed by atoms with Crippen LogP contribution in [-0.4, -0.2) is 51.5 Å². The van der Waals surface area contributed by atoms with Gasteiger partial charge in [0.15, 0.2) is 11.0 Å². The topological polar surface area (TPSA) is 73.4 Å². The van der Waals surface area contributed by atoms with Gasteiger partial charge in [0.2, 0.25) is 5.91 Å². The van der Waals surface area contributed by atoms with Crippen molar-refractivity contribution in [1.29, 1.82) is 0 Å². The summed E-state index contributed by atoms with van der Waals surface area (Å²) in [5.74, 6) is 2.59. The number of hydrogen-bond acceptors (Lipinski definition) is 6. The lowest BCUT2D eigenvalue weighted by Gasteiger charge is -2.18. The molecular formula is C20H24N4O3S. The second kappa shape index (κ2) is 8.97. The summed E-state index contributed by atoms with van der Waals surface area (Å²) in [5, 5.41) is 9.38. The molecule has 0 saturated carbocycles. The van der Waals surface area contributed by atoms with Crippen LogP contribution < -0.4 is 4.74 Å². The second-order valence-electron chi connectivity index (χ2n) is 6.08. The van der Waals surface area contributed by atoms with E-state index in [-0.39, 0.29) is 5.91 Å². The van der Waals surface area contributed by atoms with E-state index >= 15 is 0 Å². The van der Waals surface area contributed by atoms with E-state index in [4.69, 9.17) is 9.15 Å². The lowest BCUT2D eigenvalue weighted by molar-refractivity contribution is -0.127. The molecule has 1 amide bonds. The summed E-state index contributed by atoms with van der Waals surface area (Å²) in [6.07, 6.45) is 1.63. The first-order valence-corrected chi connectivity index (χ1v) is 10.1. The van der Waals surface area contributed by atoms with Crippen LogP contribution in [0.15, 0.2) is 46.2 Å². The highest BCUT2D eigenvalue weighted by Gasteiger charge is 2.20. The molecule has 28 heavy (non-hydrogen) atoms. The molecule has 1 aromatic carbocycles. The highest BCUT2D eigenvalue weighted by Crippen LogP contribution is 2.31. The predicted octanol–water partition coefficient (Wildman–Crippen LogP) is 3.80. The largest absolute Gasteiger partial charge is 0.497 e. The first kappa shape index (κ1) is 20.0. The molecule has 7 nitrogen and oxygen atoms in total. The van der Waals surface area contributed by atoms with Gasteiger partial charge in [0.1, 0.15) is 11.5 Å². The minimum atomic E-state index is 0.0836. The van der Waals surface area contributed by atoms with E-state index < -0.39 is 0 Å². The summed E-state index contributed by atoms with van der Waals surface area (Å²) < 4.78 is 12.6. The number of amides is 1. The van der Waals surface area contributed by atoms with Crippen LogP contribution >= 0.6 is 11.8 Å². The zero-order valence-corrected chi connectivity index (χ0v) is 17.3. The van der Waals surface area contributed by atoms with E-state index in [9.17, 15) is 4.79 Å². The fraction of sp³-hybridized carbons (Fsp3) is 0.350. The van der Waals surface area contributed by atoms with Gasteiger partial charge in [-0.3, -0.25) is 9.36 Å². The number of methoxy groups -OCH3 is 1. The van der Waals surface area contributed by atoms with Crippen LogP contribution in [-0.2, 0) is 4.79 Å². The lowest BCUT2D eigenvalue weighted by Crippen LogP contribution is -2.31. The molecule has 0 fully saturated rings. The molecule has 148 valence electrons. The summed E-state index contributed by atoms with van der Waals surface area (Å²) in [6.45, 7) is 7.23. The SMILES string of the molecule is CCN(CC)C(=O)CSc1nnc(-c2ccoc2C)n1-c1ccc(OC)cc1. The maximum atomic E-state index is 12.4. The molecule has 0 aliphatic heterocycles. The van der Waals surface area contributed by atoms with Gasteiger partial charge in [0.05, 0.1) is 30.4 Å². The van der Waals surface area contributed by atoms with Gasteiger partial charge in [-0.2, -0.15) is 0 Å². The summed E-state index contributed by atoms with van der Waals surface area (Å²) in [5.41, 5.74) is 1.75. The molecule has 0 bridgehead atoms. The molecule has 3 rings (SSSR count). The molecule has 2 heterocycles. The van der Waals surface area contributed by atoms with Crippen molar-refractivity contribution in [3.63, 3.8) is 0 Å². The first-order valence-electron chi connectivity index (χ1n) is 9.13. The zero-order valence-electron chi connectivity index (χ0n) is 16.5. The summed E-state index contributed by atoms with van der Waals surface area (Å²) in [6, 6.07) is 9.53. The fourth-order valence-electron chi connectivity index (χ4n) is 2.91. The summed E-state index contributed by atoms with van der Waals surface area (Å²) in [7, 11) is 1.63. The van der Waals surface area contributed by atoms with E-state index in [0.717, 1.165) is 22.8 Å². The Hall–Kier alpha value is -2.74. The third kappa shape index (κ3) is 4.06. The Morgan fingerprint density at radius 1 is 1.18 bits per heavy atom. The molecule has 0 atom stereocenters. The van der Waals surface area contributed by atoms with Gasteiger partial charge in [0, 0.05) is 13.1 Å². The number of benzene rings is 1. The van der Waals surface area contributed by atoms with Gasteiger partial charge in [0.25, 0.3) is 0 Å². The summed E-state index contributed by atoms with van der Waals surface area (Å²) >= 11 is 1.38. The van der Waals surface area contributed by atoms with Crippen molar-refractivity contribution < 1.29 is 13.9 Å². The number of rotatable bonds is 8. The van der Waals surface area contributed by atoms with Crippen molar-refractivity contribution in [3.8, 4) is 22.8 Å². The second-order valence-corrected chi connectivity index (χ2v) is 7.03. The normalized spacial score (nSPS) is 10.9. The van der Waals surface area contributed by atoms with Crippen LogP contribution in [0.2, 0.25) is 0 Å². The molecular weight excluding hydrogens is 376 g/mol.